The third-order valence-corrected chi connectivity index (χ3v) is 3.13. The van der Waals surface area contributed by atoms with Crippen molar-refractivity contribution in [1.29, 1.82) is 0 Å². The molecule has 0 aliphatic carbocycles. The Morgan fingerprint density at radius 3 is 2.33 bits per heavy atom. The van der Waals surface area contributed by atoms with Crippen molar-refractivity contribution in [2.45, 2.75) is 13.0 Å². The van der Waals surface area contributed by atoms with Gasteiger partial charge in [-0.3, -0.25) is 4.79 Å². The maximum Gasteiger partial charge on any atom is 0.257 e. The Labute approximate surface area is 113 Å². The van der Waals surface area contributed by atoms with Gasteiger partial charge in [0.15, 0.2) is 0 Å². The molecule has 3 nitrogen and oxygen atoms in total. The molecule has 1 amide bonds. The monoisotopic (exact) mass is 320 g/mol. The van der Waals surface area contributed by atoms with Crippen LogP contribution in [0.15, 0.2) is 16.6 Å². The molecule has 0 fully saturated rings. The summed E-state index contributed by atoms with van der Waals surface area (Å²) in [4.78, 5) is 13.6. The molecule has 0 radical (unpaired) electrons. The first-order chi connectivity index (χ1) is 8.32. The molecule has 0 aliphatic heterocycles. The molecule has 0 saturated heterocycles. The number of amides is 1. The smallest absolute Gasteiger partial charge is 0.257 e. The number of carbonyl (C=O) groups excluding carboxylic acids is 1. The third kappa shape index (κ3) is 3.74. The quantitative estimate of drug-likeness (QED) is 0.924. The molecule has 1 aromatic carbocycles. The molecule has 0 saturated carbocycles. The van der Waals surface area contributed by atoms with Crippen LogP contribution in [0.4, 0.5) is 8.78 Å². The largest absolute Gasteiger partial charge is 0.350 e. The number of nitrogens with one attached hydrogen (secondary N) is 1. The zero-order chi connectivity index (χ0) is 13.9. The van der Waals surface area contributed by atoms with Gasteiger partial charge in [-0.25, -0.2) is 8.78 Å². The summed E-state index contributed by atoms with van der Waals surface area (Å²) in [5.41, 5.74) is -0.552. The minimum Gasteiger partial charge on any atom is -0.350 e. The van der Waals surface area contributed by atoms with Crippen LogP contribution in [-0.4, -0.2) is 37.5 Å². The fourth-order valence-electron chi connectivity index (χ4n) is 1.27. The second-order valence-electron chi connectivity index (χ2n) is 4.27. The highest BCUT2D eigenvalue weighted by atomic mass is 79.9. The Bertz CT molecular complexity index is 429. The maximum absolute atomic E-state index is 13.5. The number of rotatable bonds is 4. The van der Waals surface area contributed by atoms with Gasteiger partial charge in [-0.15, -0.1) is 0 Å². The van der Waals surface area contributed by atoms with E-state index in [1.807, 2.05) is 25.9 Å². The minimum absolute atomic E-state index is 0.0792. The topological polar surface area (TPSA) is 32.3 Å². The lowest BCUT2D eigenvalue weighted by Crippen LogP contribution is -2.38. The zero-order valence-electron chi connectivity index (χ0n) is 10.4. The molecular weight excluding hydrogens is 306 g/mol. The summed E-state index contributed by atoms with van der Waals surface area (Å²) in [5, 5.41) is 2.51. The predicted octanol–water partition coefficient (Wildman–Crippen LogP) is 2.41. The maximum atomic E-state index is 13.5. The van der Waals surface area contributed by atoms with E-state index >= 15 is 0 Å². The Hall–Kier alpha value is -1.01. The van der Waals surface area contributed by atoms with Crippen molar-refractivity contribution >= 4 is 21.8 Å². The Morgan fingerprint density at radius 1 is 1.39 bits per heavy atom. The summed E-state index contributed by atoms with van der Waals surface area (Å²) in [6.07, 6.45) is 0. The predicted molar refractivity (Wildman–Crippen MR) is 69.5 cm³/mol. The van der Waals surface area contributed by atoms with Crippen molar-refractivity contribution < 1.29 is 13.6 Å². The summed E-state index contributed by atoms with van der Waals surface area (Å²) >= 11 is 2.96. The third-order valence-electron chi connectivity index (χ3n) is 2.67. The van der Waals surface area contributed by atoms with E-state index in [2.05, 4.69) is 21.2 Å². The Balaban J connectivity index is 2.79. The van der Waals surface area contributed by atoms with Gasteiger partial charge < -0.3 is 10.2 Å². The first-order valence-electron chi connectivity index (χ1n) is 5.42. The van der Waals surface area contributed by atoms with Crippen molar-refractivity contribution in [1.82, 2.24) is 10.2 Å². The van der Waals surface area contributed by atoms with E-state index in [0.29, 0.717) is 6.54 Å². The van der Waals surface area contributed by atoms with E-state index in [-0.39, 0.29) is 10.5 Å². The number of carbonyl (C=O) groups is 1. The van der Waals surface area contributed by atoms with Crippen LogP contribution < -0.4 is 5.32 Å². The summed E-state index contributed by atoms with van der Waals surface area (Å²) in [5.74, 6) is -2.50. The van der Waals surface area contributed by atoms with Gasteiger partial charge in [-0.05, 0) is 33.2 Å². The van der Waals surface area contributed by atoms with Gasteiger partial charge in [-0.2, -0.15) is 0 Å². The molecular formula is C12H15BrF2N2O. The first-order valence-corrected chi connectivity index (χ1v) is 6.21. The van der Waals surface area contributed by atoms with Crippen molar-refractivity contribution in [3.05, 3.63) is 33.8 Å². The van der Waals surface area contributed by atoms with Crippen LogP contribution in [0, 0.1) is 11.6 Å². The number of halogens is 3. The lowest BCUT2D eigenvalue weighted by atomic mass is 10.2. The molecule has 0 aliphatic rings. The van der Waals surface area contributed by atoms with E-state index in [9.17, 15) is 13.6 Å². The molecule has 1 rings (SSSR count). The summed E-state index contributed by atoms with van der Waals surface area (Å²) < 4.78 is 27.3. The highest BCUT2D eigenvalue weighted by molar-refractivity contribution is 9.10. The van der Waals surface area contributed by atoms with Crippen LogP contribution >= 0.6 is 15.9 Å². The van der Waals surface area contributed by atoms with E-state index in [1.165, 1.54) is 0 Å². The van der Waals surface area contributed by atoms with Crippen LogP contribution in [0.25, 0.3) is 0 Å². The molecule has 0 aromatic heterocycles. The minimum atomic E-state index is -0.878. The first kappa shape index (κ1) is 15.0. The molecule has 1 aromatic rings. The second-order valence-corrected chi connectivity index (χ2v) is 5.18. The summed E-state index contributed by atoms with van der Waals surface area (Å²) in [7, 11) is 3.72. The molecule has 1 atom stereocenters. The van der Waals surface area contributed by atoms with Gasteiger partial charge >= 0.3 is 0 Å². The van der Waals surface area contributed by atoms with Gasteiger partial charge in [0.05, 0.1) is 0 Å². The molecule has 6 heteroatoms. The lowest BCUT2D eigenvalue weighted by Gasteiger charge is -2.20. The average Bonchev–Trinajstić information content (AvgIpc) is 2.24. The van der Waals surface area contributed by atoms with Gasteiger partial charge in [0.2, 0.25) is 0 Å². The van der Waals surface area contributed by atoms with Crippen LogP contribution in [0.2, 0.25) is 0 Å². The van der Waals surface area contributed by atoms with Crippen molar-refractivity contribution in [2.75, 3.05) is 20.6 Å². The highest BCUT2D eigenvalue weighted by Crippen LogP contribution is 2.19. The van der Waals surface area contributed by atoms with Gasteiger partial charge in [0.1, 0.15) is 17.2 Å². The van der Waals surface area contributed by atoms with Crippen LogP contribution in [0.1, 0.15) is 17.3 Å². The van der Waals surface area contributed by atoms with E-state index in [0.717, 1.165) is 12.1 Å². The summed E-state index contributed by atoms with van der Waals surface area (Å²) in [6, 6.07) is 2.20. The average molecular weight is 321 g/mol. The SMILES string of the molecule is CC(CNC(=O)c1c(F)cc(Br)cc1F)N(C)C. The fraction of sp³-hybridized carbons (Fsp3) is 0.417. The molecule has 0 bridgehead atoms. The Kier molecular flexibility index (Phi) is 5.22. The molecule has 0 heterocycles. The number of benzene rings is 1. The normalized spacial score (nSPS) is 12.6. The van der Waals surface area contributed by atoms with E-state index in [1.54, 1.807) is 0 Å². The fourth-order valence-corrected chi connectivity index (χ4v) is 1.67. The van der Waals surface area contributed by atoms with Crippen molar-refractivity contribution in [3.63, 3.8) is 0 Å². The van der Waals surface area contributed by atoms with Gasteiger partial charge in [0.25, 0.3) is 5.91 Å². The van der Waals surface area contributed by atoms with E-state index < -0.39 is 23.1 Å². The molecule has 1 unspecified atom stereocenters. The standard InChI is InChI=1S/C12H15BrF2N2O/c1-7(17(2)3)6-16-12(18)11-9(14)4-8(13)5-10(11)15/h4-5,7H,6H2,1-3H3,(H,16,18). The Morgan fingerprint density at radius 2 is 1.89 bits per heavy atom. The van der Waals surface area contributed by atoms with Crippen molar-refractivity contribution in [2.24, 2.45) is 0 Å². The van der Waals surface area contributed by atoms with E-state index in [4.69, 9.17) is 0 Å². The summed E-state index contributed by atoms with van der Waals surface area (Å²) in [6.45, 7) is 2.22. The molecule has 0 spiro atoms. The lowest BCUT2D eigenvalue weighted by molar-refractivity contribution is 0.0935. The van der Waals surface area contributed by atoms with Crippen molar-refractivity contribution in [3.8, 4) is 0 Å². The van der Waals surface area contributed by atoms with Crippen LogP contribution in [-0.2, 0) is 0 Å². The van der Waals surface area contributed by atoms with Gasteiger partial charge in [0, 0.05) is 17.1 Å². The molecule has 100 valence electrons. The molecule has 1 N–H and O–H groups in total. The second kappa shape index (κ2) is 6.24. The molecule has 18 heavy (non-hydrogen) atoms. The number of nitrogens with zero attached hydrogens (tertiary/aromatic N) is 1. The number of likely N-dealkylation sites (N-methyl/N-ethyl adjacent to an activating group) is 1. The number of hydrogen-bond acceptors (Lipinski definition) is 2. The number of hydrogen-bond donors (Lipinski definition) is 1. The van der Waals surface area contributed by atoms with Crippen LogP contribution in [0.5, 0.6) is 0 Å². The zero-order valence-corrected chi connectivity index (χ0v) is 12.0. The van der Waals surface area contributed by atoms with Crippen LogP contribution in [0.3, 0.4) is 0 Å². The highest BCUT2D eigenvalue weighted by Gasteiger charge is 2.18. The van der Waals surface area contributed by atoms with Gasteiger partial charge in [-0.1, -0.05) is 15.9 Å².